The van der Waals surface area contributed by atoms with Crippen LogP contribution in [0, 0.1) is 0 Å². The number of rotatable bonds is 3. The highest BCUT2D eigenvalue weighted by Crippen LogP contribution is 2.37. The van der Waals surface area contributed by atoms with Crippen molar-refractivity contribution in [2.75, 3.05) is 6.61 Å². The normalized spacial score (nSPS) is 24.1. The van der Waals surface area contributed by atoms with E-state index in [-0.39, 0.29) is 17.7 Å². The summed E-state index contributed by atoms with van der Waals surface area (Å²) in [6.07, 6.45) is 1.30. The van der Waals surface area contributed by atoms with Crippen LogP contribution in [0.1, 0.15) is 54.4 Å². The third kappa shape index (κ3) is 3.67. The molecule has 0 aromatic rings. The fourth-order valence-corrected chi connectivity index (χ4v) is 2.67. The maximum absolute atomic E-state index is 9.77. The number of aliphatic hydroxyl groups is 1. The van der Waals surface area contributed by atoms with E-state index in [9.17, 15) is 5.11 Å². The molecule has 5 heteroatoms. The standard InChI is InChI=1S/C13H26N2O3/c1-11(2)7-10(14-17)8-12(3,4)15(11)18-9-13(5,6)16/h16-17H,7-9H2,1-6H3. The average molecular weight is 258 g/mol. The zero-order valence-electron chi connectivity index (χ0n) is 12.3. The highest BCUT2D eigenvalue weighted by Gasteiger charge is 2.45. The van der Waals surface area contributed by atoms with Crippen LogP contribution in [0.15, 0.2) is 5.16 Å². The molecule has 0 saturated carbocycles. The molecule has 0 aliphatic carbocycles. The van der Waals surface area contributed by atoms with Gasteiger partial charge in [-0.05, 0) is 41.5 Å². The van der Waals surface area contributed by atoms with Crippen molar-refractivity contribution >= 4 is 5.71 Å². The van der Waals surface area contributed by atoms with Crippen molar-refractivity contribution < 1.29 is 15.2 Å². The van der Waals surface area contributed by atoms with Gasteiger partial charge in [-0.15, -0.1) is 0 Å². The number of oxime groups is 1. The lowest BCUT2D eigenvalue weighted by molar-refractivity contribution is -0.285. The van der Waals surface area contributed by atoms with E-state index in [1.807, 2.05) is 32.8 Å². The highest BCUT2D eigenvalue weighted by molar-refractivity contribution is 5.86. The minimum Gasteiger partial charge on any atom is -0.411 e. The van der Waals surface area contributed by atoms with Gasteiger partial charge in [-0.3, -0.25) is 4.84 Å². The lowest BCUT2D eigenvalue weighted by Crippen LogP contribution is -2.61. The van der Waals surface area contributed by atoms with E-state index >= 15 is 0 Å². The van der Waals surface area contributed by atoms with Crippen LogP contribution >= 0.6 is 0 Å². The van der Waals surface area contributed by atoms with Crippen molar-refractivity contribution in [2.24, 2.45) is 5.16 Å². The minimum absolute atomic E-state index is 0.242. The van der Waals surface area contributed by atoms with Gasteiger partial charge in [0.05, 0.1) is 17.9 Å². The third-order valence-corrected chi connectivity index (χ3v) is 3.06. The van der Waals surface area contributed by atoms with Crippen LogP contribution in [0.3, 0.4) is 0 Å². The maximum atomic E-state index is 9.77. The quantitative estimate of drug-likeness (QED) is 0.601. The van der Waals surface area contributed by atoms with Crippen molar-refractivity contribution in [3.8, 4) is 0 Å². The first-order valence-electron chi connectivity index (χ1n) is 6.33. The maximum Gasteiger partial charge on any atom is 0.0967 e. The zero-order valence-corrected chi connectivity index (χ0v) is 12.3. The van der Waals surface area contributed by atoms with E-state index in [4.69, 9.17) is 10.0 Å². The molecule has 1 aliphatic rings. The van der Waals surface area contributed by atoms with E-state index in [0.717, 1.165) is 5.71 Å². The van der Waals surface area contributed by atoms with Crippen LogP contribution in [0.25, 0.3) is 0 Å². The van der Waals surface area contributed by atoms with Gasteiger partial charge in [-0.25, -0.2) is 0 Å². The molecule has 0 unspecified atom stereocenters. The Kier molecular flexibility index (Phi) is 4.10. The molecule has 0 bridgehead atoms. The van der Waals surface area contributed by atoms with Crippen LogP contribution in [0.4, 0.5) is 0 Å². The molecular weight excluding hydrogens is 232 g/mol. The summed E-state index contributed by atoms with van der Waals surface area (Å²) in [5, 5.41) is 24.1. The van der Waals surface area contributed by atoms with E-state index in [2.05, 4.69) is 5.16 Å². The van der Waals surface area contributed by atoms with Crippen molar-refractivity contribution in [2.45, 2.75) is 71.1 Å². The van der Waals surface area contributed by atoms with Crippen LogP contribution in [0.2, 0.25) is 0 Å². The lowest BCUT2D eigenvalue weighted by atomic mass is 9.81. The largest absolute Gasteiger partial charge is 0.411 e. The number of piperidine rings is 1. The van der Waals surface area contributed by atoms with Crippen molar-refractivity contribution in [3.05, 3.63) is 0 Å². The Hall–Kier alpha value is -0.650. The Morgan fingerprint density at radius 1 is 1.22 bits per heavy atom. The monoisotopic (exact) mass is 258 g/mol. The first-order chi connectivity index (χ1) is 7.98. The summed E-state index contributed by atoms with van der Waals surface area (Å²) < 4.78 is 0. The van der Waals surface area contributed by atoms with Crippen molar-refractivity contribution in [1.82, 2.24) is 5.06 Å². The van der Waals surface area contributed by atoms with Gasteiger partial charge in [-0.2, -0.15) is 5.06 Å². The molecule has 106 valence electrons. The molecule has 0 spiro atoms. The van der Waals surface area contributed by atoms with Gasteiger partial charge in [-0.1, -0.05) is 5.16 Å². The SMILES string of the molecule is CC(C)(O)CON1C(C)(C)CC(=NO)CC1(C)C. The molecule has 0 aromatic carbocycles. The Balaban J connectivity index is 2.87. The first-order valence-corrected chi connectivity index (χ1v) is 6.33. The third-order valence-electron chi connectivity index (χ3n) is 3.06. The molecule has 0 radical (unpaired) electrons. The summed E-state index contributed by atoms with van der Waals surface area (Å²) >= 11 is 0. The molecule has 0 aromatic heterocycles. The van der Waals surface area contributed by atoms with Gasteiger partial charge in [0, 0.05) is 23.9 Å². The number of hydroxylamine groups is 2. The summed E-state index contributed by atoms with van der Waals surface area (Å²) in [7, 11) is 0. The molecule has 1 heterocycles. The smallest absolute Gasteiger partial charge is 0.0967 e. The Morgan fingerprint density at radius 2 is 1.67 bits per heavy atom. The number of nitrogens with zero attached hydrogens (tertiary/aromatic N) is 2. The molecule has 1 aliphatic heterocycles. The zero-order chi connectivity index (χ0) is 14.2. The Labute approximate surface area is 109 Å². The topological polar surface area (TPSA) is 65.3 Å². The van der Waals surface area contributed by atoms with E-state index in [0.29, 0.717) is 12.8 Å². The van der Waals surface area contributed by atoms with Crippen molar-refractivity contribution in [1.29, 1.82) is 0 Å². The molecule has 1 rings (SSSR count). The van der Waals surface area contributed by atoms with E-state index < -0.39 is 5.60 Å². The summed E-state index contributed by atoms with van der Waals surface area (Å²) in [6.45, 7) is 11.9. The number of hydrogen-bond donors (Lipinski definition) is 2. The predicted octanol–water partition coefficient (Wildman–Crippen LogP) is 2.17. The number of hydrogen-bond acceptors (Lipinski definition) is 5. The molecule has 18 heavy (non-hydrogen) atoms. The van der Waals surface area contributed by atoms with Crippen molar-refractivity contribution in [3.63, 3.8) is 0 Å². The molecule has 2 N–H and O–H groups in total. The molecule has 5 nitrogen and oxygen atoms in total. The predicted molar refractivity (Wildman–Crippen MR) is 70.7 cm³/mol. The summed E-state index contributed by atoms with van der Waals surface area (Å²) in [6, 6.07) is 0. The van der Waals surface area contributed by atoms with E-state index in [1.54, 1.807) is 13.8 Å². The Morgan fingerprint density at radius 3 is 2.00 bits per heavy atom. The fourth-order valence-electron chi connectivity index (χ4n) is 2.67. The summed E-state index contributed by atoms with van der Waals surface area (Å²) in [4.78, 5) is 5.82. The molecule has 0 amide bonds. The second kappa shape index (κ2) is 4.79. The summed E-state index contributed by atoms with van der Waals surface area (Å²) in [5.41, 5.74) is -0.617. The lowest BCUT2D eigenvalue weighted by Gasteiger charge is -2.51. The van der Waals surface area contributed by atoms with Crippen LogP contribution in [-0.2, 0) is 4.84 Å². The van der Waals surface area contributed by atoms with Gasteiger partial charge < -0.3 is 10.3 Å². The highest BCUT2D eigenvalue weighted by atomic mass is 16.7. The first kappa shape index (κ1) is 15.4. The molecule has 1 saturated heterocycles. The average Bonchev–Trinajstić information content (AvgIpc) is 2.11. The molecule has 1 fully saturated rings. The van der Waals surface area contributed by atoms with Crippen LogP contribution < -0.4 is 0 Å². The fraction of sp³-hybridized carbons (Fsp3) is 0.923. The second-order valence-corrected chi connectivity index (χ2v) is 7.02. The summed E-state index contributed by atoms with van der Waals surface area (Å²) in [5.74, 6) is 0. The minimum atomic E-state index is -0.864. The molecule has 0 atom stereocenters. The van der Waals surface area contributed by atoms with E-state index in [1.165, 1.54) is 0 Å². The van der Waals surface area contributed by atoms with Crippen LogP contribution in [-0.4, -0.2) is 44.4 Å². The van der Waals surface area contributed by atoms with Gasteiger partial charge in [0.15, 0.2) is 0 Å². The van der Waals surface area contributed by atoms with Gasteiger partial charge in [0.25, 0.3) is 0 Å². The second-order valence-electron chi connectivity index (χ2n) is 7.02. The molecular formula is C13H26N2O3. The van der Waals surface area contributed by atoms with Gasteiger partial charge in [0.2, 0.25) is 0 Å². The van der Waals surface area contributed by atoms with Gasteiger partial charge in [0.1, 0.15) is 0 Å². The van der Waals surface area contributed by atoms with Crippen LogP contribution in [0.5, 0.6) is 0 Å². The Bertz CT molecular complexity index is 310. The van der Waals surface area contributed by atoms with Gasteiger partial charge >= 0.3 is 0 Å².